The van der Waals surface area contributed by atoms with Crippen molar-refractivity contribution in [1.82, 2.24) is 15.2 Å². The molecule has 1 aliphatic heterocycles. The highest BCUT2D eigenvalue weighted by molar-refractivity contribution is 7.99. The summed E-state index contributed by atoms with van der Waals surface area (Å²) in [6, 6.07) is 11.4. The van der Waals surface area contributed by atoms with Gasteiger partial charge in [0.25, 0.3) is 0 Å². The molecule has 1 amide bonds. The molecule has 2 fully saturated rings. The molecule has 0 bridgehead atoms. The van der Waals surface area contributed by atoms with Crippen molar-refractivity contribution in [3.63, 3.8) is 0 Å². The van der Waals surface area contributed by atoms with E-state index in [2.05, 4.69) is 34.3 Å². The molecule has 2 aliphatic rings. The van der Waals surface area contributed by atoms with Gasteiger partial charge in [0.15, 0.2) is 0 Å². The molecule has 0 spiro atoms. The van der Waals surface area contributed by atoms with Gasteiger partial charge in [0.2, 0.25) is 5.91 Å². The summed E-state index contributed by atoms with van der Waals surface area (Å²) in [5.41, 5.74) is 2.21. The summed E-state index contributed by atoms with van der Waals surface area (Å²) in [5, 5.41) is 5.31. The molecule has 1 aromatic carbocycles. The molecular formula is C20H25N3OS. The van der Waals surface area contributed by atoms with Crippen LogP contribution in [0.3, 0.4) is 0 Å². The van der Waals surface area contributed by atoms with E-state index in [1.165, 1.54) is 35.6 Å². The van der Waals surface area contributed by atoms with Crippen molar-refractivity contribution in [2.24, 2.45) is 0 Å². The number of aromatic nitrogens is 1. The van der Waals surface area contributed by atoms with Gasteiger partial charge in [-0.25, -0.2) is 4.98 Å². The van der Waals surface area contributed by atoms with E-state index in [0.29, 0.717) is 11.8 Å². The lowest BCUT2D eigenvalue weighted by molar-refractivity contribution is -0.119. The van der Waals surface area contributed by atoms with Crippen molar-refractivity contribution >= 4 is 28.6 Å². The quantitative estimate of drug-likeness (QED) is 0.835. The molecule has 2 heterocycles. The smallest absolute Gasteiger partial charge is 0.230 e. The third-order valence-electron chi connectivity index (χ3n) is 5.21. The molecule has 1 aliphatic carbocycles. The van der Waals surface area contributed by atoms with E-state index in [1.807, 2.05) is 18.2 Å². The fourth-order valence-corrected chi connectivity index (χ4v) is 4.44. The van der Waals surface area contributed by atoms with Crippen LogP contribution in [0.4, 0.5) is 0 Å². The van der Waals surface area contributed by atoms with Crippen LogP contribution >= 0.6 is 11.8 Å². The molecule has 0 atom stereocenters. The lowest BCUT2D eigenvalue weighted by atomic mass is 10.1. The number of hydrogen-bond acceptors (Lipinski definition) is 4. The molecule has 132 valence electrons. The summed E-state index contributed by atoms with van der Waals surface area (Å²) in [6.07, 6.45) is 4.90. The molecular weight excluding hydrogens is 330 g/mol. The molecule has 4 nitrogen and oxygen atoms in total. The summed E-state index contributed by atoms with van der Waals surface area (Å²) < 4.78 is 0. The number of likely N-dealkylation sites (tertiary alicyclic amines) is 1. The maximum atomic E-state index is 12.3. The number of nitrogens with one attached hydrogen (secondary N) is 1. The Morgan fingerprint density at radius 3 is 2.76 bits per heavy atom. The number of piperidine rings is 1. The van der Waals surface area contributed by atoms with Gasteiger partial charge in [0.1, 0.15) is 0 Å². The van der Waals surface area contributed by atoms with Crippen LogP contribution in [0, 0.1) is 6.92 Å². The van der Waals surface area contributed by atoms with E-state index in [0.717, 1.165) is 42.5 Å². The van der Waals surface area contributed by atoms with Crippen molar-refractivity contribution in [1.29, 1.82) is 0 Å². The average Bonchev–Trinajstić information content (AvgIpc) is 3.46. The van der Waals surface area contributed by atoms with Gasteiger partial charge in [-0.2, -0.15) is 0 Å². The Morgan fingerprint density at radius 1 is 1.24 bits per heavy atom. The summed E-state index contributed by atoms with van der Waals surface area (Å²) in [6.45, 7) is 4.37. The fourth-order valence-electron chi connectivity index (χ4n) is 3.65. The van der Waals surface area contributed by atoms with Gasteiger partial charge >= 0.3 is 0 Å². The van der Waals surface area contributed by atoms with Gasteiger partial charge in [0, 0.05) is 30.6 Å². The van der Waals surface area contributed by atoms with Crippen molar-refractivity contribution in [3.05, 3.63) is 35.9 Å². The first-order valence-corrected chi connectivity index (χ1v) is 10.2. The molecule has 4 rings (SSSR count). The van der Waals surface area contributed by atoms with Gasteiger partial charge in [-0.05, 0) is 50.3 Å². The monoisotopic (exact) mass is 355 g/mol. The number of hydrogen-bond donors (Lipinski definition) is 1. The Labute approximate surface area is 153 Å². The number of aryl methyl sites for hydroxylation is 1. The predicted octanol–water partition coefficient (Wildman–Crippen LogP) is 3.38. The van der Waals surface area contributed by atoms with E-state index in [4.69, 9.17) is 0 Å². The predicted molar refractivity (Wildman–Crippen MR) is 103 cm³/mol. The zero-order chi connectivity index (χ0) is 17.2. The average molecular weight is 356 g/mol. The number of pyridine rings is 1. The van der Waals surface area contributed by atoms with Crippen LogP contribution in [0.5, 0.6) is 0 Å². The first-order valence-electron chi connectivity index (χ1n) is 9.21. The number of para-hydroxylation sites is 1. The first-order chi connectivity index (χ1) is 12.2. The van der Waals surface area contributed by atoms with E-state index < -0.39 is 0 Å². The zero-order valence-electron chi connectivity index (χ0n) is 14.7. The maximum Gasteiger partial charge on any atom is 0.230 e. The summed E-state index contributed by atoms with van der Waals surface area (Å²) in [5.74, 6) is 0.565. The molecule has 0 radical (unpaired) electrons. The van der Waals surface area contributed by atoms with Gasteiger partial charge in [0.05, 0.1) is 16.3 Å². The highest BCUT2D eigenvalue weighted by atomic mass is 32.2. The van der Waals surface area contributed by atoms with Crippen LogP contribution in [-0.2, 0) is 4.79 Å². The minimum absolute atomic E-state index is 0.127. The standard InChI is InChI=1S/C20H25N3OS/c1-14-12-20(22-18-5-3-2-4-17(14)18)25-13-19(24)21-15-8-10-23(11-9-15)16-6-7-16/h2-5,12,15-16H,6-11,13H2,1H3,(H,21,24). The van der Waals surface area contributed by atoms with Crippen LogP contribution in [0.1, 0.15) is 31.2 Å². The topological polar surface area (TPSA) is 45.2 Å². The lowest BCUT2D eigenvalue weighted by Gasteiger charge is -2.32. The Kier molecular flexibility index (Phi) is 4.95. The molecule has 1 aromatic heterocycles. The minimum atomic E-state index is 0.127. The normalized spacial score (nSPS) is 19.2. The van der Waals surface area contributed by atoms with Gasteiger partial charge in [-0.1, -0.05) is 30.0 Å². The van der Waals surface area contributed by atoms with Gasteiger partial charge in [-0.3, -0.25) is 4.79 Å². The highest BCUT2D eigenvalue weighted by Gasteiger charge is 2.32. The molecule has 0 unspecified atom stereocenters. The van der Waals surface area contributed by atoms with Crippen LogP contribution in [0.15, 0.2) is 35.4 Å². The second-order valence-corrected chi connectivity index (χ2v) is 8.19. The Morgan fingerprint density at radius 2 is 2.00 bits per heavy atom. The number of benzene rings is 1. The highest BCUT2D eigenvalue weighted by Crippen LogP contribution is 2.29. The van der Waals surface area contributed by atoms with E-state index in [9.17, 15) is 4.79 Å². The lowest BCUT2D eigenvalue weighted by Crippen LogP contribution is -2.45. The third-order valence-corrected chi connectivity index (χ3v) is 6.12. The largest absolute Gasteiger partial charge is 0.353 e. The first kappa shape index (κ1) is 16.9. The minimum Gasteiger partial charge on any atom is -0.353 e. The second-order valence-electron chi connectivity index (χ2n) is 7.19. The molecule has 25 heavy (non-hydrogen) atoms. The molecule has 2 aromatic rings. The molecule has 1 N–H and O–H groups in total. The van der Waals surface area contributed by atoms with Crippen molar-refractivity contribution in [2.75, 3.05) is 18.8 Å². The number of carbonyl (C=O) groups is 1. The Bertz CT molecular complexity index is 767. The Balaban J connectivity index is 1.28. The number of amides is 1. The van der Waals surface area contributed by atoms with Crippen LogP contribution < -0.4 is 5.32 Å². The fraction of sp³-hybridized carbons (Fsp3) is 0.500. The summed E-state index contributed by atoms with van der Waals surface area (Å²) >= 11 is 1.53. The maximum absolute atomic E-state index is 12.3. The third kappa shape index (κ3) is 4.15. The molecule has 1 saturated heterocycles. The van der Waals surface area contributed by atoms with Gasteiger partial charge in [-0.15, -0.1) is 0 Å². The van der Waals surface area contributed by atoms with E-state index >= 15 is 0 Å². The summed E-state index contributed by atoms with van der Waals surface area (Å²) in [7, 11) is 0. The van der Waals surface area contributed by atoms with Crippen molar-refractivity contribution in [2.45, 2.75) is 49.7 Å². The molecule has 5 heteroatoms. The second kappa shape index (κ2) is 7.34. The molecule has 1 saturated carbocycles. The van der Waals surface area contributed by atoms with E-state index in [1.54, 1.807) is 0 Å². The SMILES string of the molecule is Cc1cc(SCC(=O)NC2CCN(C3CC3)CC2)nc2ccccc12. The van der Waals surface area contributed by atoms with Crippen molar-refractivity contribution in [3.8, 4) is 0 Å². The number of carbonyl (C=O) groups excluding carboxylic acids is 1. The zero-order valence-corrected chi connectivity index (χ0v) is 15.5. The van der Waals surface area contributed by atoms with E-state index in [-0.39, 0.29) is 5.91 Å². The van der Waals surface area contributed by atoms with Crippen LogP contribution in [0.25, 0.3) is 10.9 Å². The number of nitrogens with zero attached hydrogens (tertiary/aromatic N) is 2. The number of thioether (sulfide) groups is 1. The van der Waals surface area contributed by atoms with Crippen LogP contribution in [0.2, 0.25) is 0 Å². The number of rotatable bonds is 5. The summed E-state index contributed by atoms with van der Waals surface area (Å²) in [4.78, 5) is 19.5. The Hall–Kier alpha value is -1.59. The number of fused-ring (bicyclic) bond motifs is 1. The van der Waals surface area contributed by atoms with Crippen LogP contribution in [-0.4, -0.2) is 46.7 Å². The van der Waals surface area contributed by atoms with Crippen molar-refractivity contribution < 1.29 is 4.79 Å². The van der Waals surface area contributed by atoms with Gasteiger partial charge < -0.3 is 10.2 Å².